The van der Waals surface area contributed by atoms with E-state index >= 15 is 0 Å². The van der Waals surface area contributed by atoms with Crippen LogP contribution >= 0.6 is 0 Å². The molecule has 0 N–H and O–H groups in total. The summed E-state index contributed by atoms with van der Waals surface area (Å²) in [5, 5.41) is 0. The normalized spacial score (nSPS) is 17.2. The number of likely N-dealkylation sites (N-methyl/N-ethyl adjacent to an activating group) is 1. The van der Waals surface area contributed by atoms with Gasteiger partial charge in [-0.3, -0.25) is 14.5 Å². The summed E-state index contributed by atoms with van der Waals surface area (Å²) in [6.45, 7) is 9.64. The van der Waals surface area contributed by atoms with Crippen LogP contribution in [0.5, 0.6) is 0 Å². The molecule has 0 aromatic heterocycles. The molecule has 1 saturated heterocycles. The van der Waals surface area contributed by atoms with Gasteiger partial charge in [0.05, 0.1) is 6.04 Å². The number of nitrogens with zero attached hydrogens (tertiary/aromatic N) is 3. The van der Waals surface area contributed by atoms with Crippen molar-refractivity contribution in [1.29, 1.82) is 0 Å². The Bertz CT molecular complexity index is 547. The molecule has 2 rings (SSSR count). The molecule has 1 aliphatic rings. The average Bonchev–Trinajstić information content (AvgIpc) is 2.88. The first kappa shape index (κ1) is 18.5. The second-order valence-corrected chi connectivity index (χ2v) is 6.22. The van der Waals surface area contributed by atoms with Crippen molar-refractivity contribution in [3.63, 3.8) is 0 Å². The van der Waals surface area contributed by atoms with E-state index in [2.05, 4.69) is 4.90 Å². The molecule has 1 aliphatic heterocycles. The van der Waals surface area contributed by atoms with Gasteiger partial charge in [0.15, 0.2) is 0 Å². The molecule has 0 radical (unpaired) electrons. The van der Waals surface area contributed by atoms with Gasteiger partial charge >= 0.3 is 0 Å². The largest absolute Gasteiger partial charge is 0.341 e. The summed E-state index contributed by atoms with van der Waals surface area (Å²) in [6.07, 6.45) is 1.47. The molecule has 24 heavy (non-hydrogen) atoms. The van der Waals surface area contributed by atoms with Crippen LogP contribution in [0.3, 0.4) is 0 Å². The van der Waals surface area contributed by atoms with Gasteiger partial charge in [-0.2, -0.15) is 0 Å². The lowest BCUT2D eigenvalue weighted by atomic mass is 10.2. The monoisotopic (exact) mass is 331 g/mol. The molecule has 1 unspecified atom stereocenters. The van der Waals surface area contributed by atoms with E-state index in [-0.39, 0.29) is 17.9 Å². The van der Waals surface area contributed by atoms with Crippen molar-refractivity contribution in [2.45, 2.75) is 39.7 Å². The number of para-hydroxylation sites is 1. The standard InChI is InChI=1S/C19H29N3O2/c1-4-18(23)21-13-9-12-20(14-15-21)16(3)19(24)22(5-2)17-10-7-6-8-11-17/h6-8,10-11,16H,4-5,9,12-15H2,1-3H3. The first-order valence-corrected chi connectivity index (χ1v) is 8.96. The highest BCUT2D eigenvalue weighted by Crippen LogP contribution is 2.17. The lowest BCUT2D eigenvalue weighted by Gasteiger charge is -2.31. The fraction of sp³-hybridized carbons (Fsp3) is 0.579. The van der Waals surface area contributed by atoms with Gasteiger partial charge in [0.1, 0.15) is 0 Å². The minimum Gasteiger partial charge on any atom is -0.341 e. The highest BCUT2D eigenvalue weighted by molar-refractivity contribution is 5.96. The summed E-state index contributed by atoms with van der Waals surface area (Å²) in [7, 11) is 0. The topological polar surface area (TPSA) is 43.9 Å². The van der Waals surface area contributed by atoms with Crippen LogP contribution in [0.15, 0.2) is 30.3 Å². The van der Waals surface area contributed by atoms with E-state index in [1.54, 1.807) is 0 Å². The molecule has 0 aliphatic carbocycles. The van der Waals surface area contributed by atoms with Gasteiger partial charge in [-0.25, -0.2) is 0 Å². The number of anilines is 1. The lowest BCUT2D eigenvalue weighted by molar-refractivity contribution is -0.130. The van der Waals surface area contributed by atoms with E-state index in [0.29, 0.717) is 19.5 Å². The minimum atomic E-state index is -0.179. The third-order valence-corrected chi connectivity index (χ3v) is 4.74. The Morgan fingerprint density at radius 1 is 1.08 bits per heavy atom. The van der Waals surface area contributed by atoms with Crippen LogP contribution in [-0.4, -0.2) is 60.4 Å². The number of hydrogen-bond acceptors (Lipinski definition) is 3. The van der Waals surface area contributed by atoms with E-state index in [0.717, 1.165) is 31.7 Å². The number of hydrogen-bond donors (Lipinski definition) is 0. The van der Waals surface area contributed by atoms with Crippen molar-refractivity contribution < 1.29 is 9.59 Å². The van der Waals surface area contributed by atoms with Crippen LogP contribution in [0, 0.1) is 0 Å². The van der Waals surface area contributed by atoms with E-state index in [1.165, 1.54) is 0 Å². The number of amides is 2. The number of carbonyl (C=O) groups is 2. The zero-order valence-electron chi connectivity index (χ0n) is 15.1. The Kier molecular flexibility index (Phi) is 6.79. The zero-order chi connectivity index (χ0) is 17.5. The molecule has 1 heterocycles. The summed E-state index contributed by atoms with van der Waals surface area (Å²) in [4.78, 5) is 30.8. The molecule has 0 saturated carbocycles. The van der Waals surface area contributed by atoms with Crippen LogP contribution in [0.4, 0.5) is 5.69 Å². The van der Waals surface area contributed by atoms with E-state index in [1.807, 2.05) is 60.9 Å². The Labute approximate surface area is 145 Å². The van der Waals surface area contributed by atoms with Gasteiger partial charge in [0, 0.05) is 44.8 Å². The van der Waals surface area contributed by atoms with Gasteiger partial charge in [-0.15, -0.1) is 0 Å². The van der Waals surface area contributed by atoms with Gasteiger partial charge in [0.2, 0.25) is 11.8 Å². The molecular formula is C19H29N3O2. The van der Waals surface area contributed by atoms with Gasteiger partial charge in [0.25, 0.3) is 0 Å². The van der Waals surface area contributed by atoms with Crippen LogP contribution in [-0.2, 0) is 9.59 Å². The quantitative estimate of drug-likeness (QED) is 0.832. The Balaban J connectivity index is 2.03. The fourth-order valence-corrected chi connectivity index (χ4v) is 3.25. The number of benzene rings is 1. The fourth-order valence-electron chi connectivity index (χ4n) is 3.25. The van der Waals surface area contributed by atoms with Crippen LogP contribution in [0.1, 0.15) is 33.6 Å². The SMILES string of the molecule is CCC(=O)N1CCCN(C(C)C(=O)N(CC)c2ccccc2)CC1. The van der Waals surface area contributed by atoms with Crippen molar-refractivity contribution in [3.8, 4) is 0 Å². The van der Waals surface area contributed by atoms with Gasteiger partial charge in [-0.1, -0.05) is 25.1 Å². The Morgan fingerprint density at radius 2 is 1.79 bits per heavy atom. The molecule has 0 spiro atoms. The molecule has 132 valence electrons. The third-order valence-electron chi connectivity index (χ3n) is 4.74. The number of carbonyl (C=O) groups excluding carboxylic acids is 2. The van der Waals surface area contributed by atoms with Crippen LogP contribution in [0.25, 0.3) is 0 Å². The molecule has 5 nitrogen and oxygen atoms in total. The van der Waals surface area contributed by atoms with Crippen molar-refractivity contribution in [2.75, 3.05) is 37.6 Å². The summed E-state index contributed by atoms with van der Waals surface area (Å²) in [5.41, 5.74) is 0.939. The highest BCUT2D eigenvalue weighted by atomic mass is 16.2. The van der Waals surface area contributed by atoms with Crippen molar-refractivity contribution in [2.24, 2.45) is 0 Å². The predicted octanol–water partition coefficient (Wildman–Crippen LogP) is 2.37. The molecular weight excluding hydrogens is 302 g/mol. The molecule has 2 amide bonds. The number of rotatable bonds is 5. The molecule has 0 bridgehead atoms. The Morgan fingerprint density at radius 3 is 2.42 bits per heavy atom. The van der Waals surface area contributed by atoms with Crippen LogP contribution in [0.2, 0.25) is 0 Å². The van der Waals surface area contributed by atoms with E-state index in [4.69, 9.17) is 0 Å². The zero-order valence-corrected chi connectivity index (χ0v) is 15.1. The second kappa shape index (κ2) is 8.83. The maximum absolute atomic E-state index is 13.0. The van der Waals surface area contributed by atoms with Crippen LogP contribution < -0.4 is 4.90 Å². The molecule has 5 heteroatoms. The third kappa shape index (κ3) is 4.35. The molecule has 1 atom stereocenters. The Hall–Kier alpha value is -1.88. The lowest BCUT2D eigenvalue weighted by Crippen LogP contribution is -2.48. The summed E-state index contributed by atoms with van der Waals surface area (Å²) >= 11 is 0. The molecule has 1 aromatic rings. The first-order valence-electron chi connectivity index (χ1n) is 8.96. The average molecular weight is 331 g/mol. The predicted molar refractivity (Wildman–Crippen MR) is 97.0 cm³/mol. The second-order valence-electron chi connectivity index (χ2n) is 6.22. The molecule has 1 aromatic carbocycles. The first-order chi connectivity index (χ1) is 11.6. The van der Waals surface area contributed by atoms with E-state index < -0.39 is 0 Å². The summed E-state index contributed by atoms with van der Waals surface area (Å²) < 4.78 is 0. The maximum Gasteiger partial charge on any atom is 0.244 e. The highest BCUT2D eigenvalue weighted by Gasteiger charge is 2.28. The van der Waals surface area contributed by atoms with Gasteiger partial charge < -0.3 is 9.80 Å². The van der Waals surface area contributed by atoms with Crippen molar-refractivity contribution in [3.05, 3.63) is 30.3 Å². The van der Waals surface area contributed by atoms with Gasteiger partial charge in [-0.05, 0) is 32.4 Å². The van der Waals surface area contributed by atoms with Crippen molar-refractivity contribution >= 4 is 17.5 Å². The summed E-state index contributed by atoms with van der Waals surface area (Å²) in [6, 6.07) is 9.63. The minimum absolute atomic E-state index is 0.124. The maximum atomic E-state index is 13.0. The molecule has 1 fully saturated rings. The summed E-state index contributed by atoms with van der Waals surface area (Å²) in [5.74, 6) is 0.328. The smallest absolute Gasteiger partial charge is 0.244 e. The van der Waals surface area contributed by atoms with Crippen molar-refractivity contribution in [1.82, 2.24) is 9.80 Å². The van der Waals surface area contributed by atoms with E-state index in [9.17, 15) is 9.59 Å².